The number of hydrogen-bond acceptors (Lipinski definition) is 7. The lowest BCUT2D eigenvalue weighted by Gasteiger charge is -2.19. The SMILES string of the molecule is COc1ccc2c(C)c(CCC(=O)N[C@H](CC(=O)O)c3ccc(OC)c(OC)c3)c(=O)oc2c1. The van der Waals surface area contributed by atoms with Gasteiger partial charge in [-0.05, 0) is 48.7 Å². The number of benzene rings is 2. The molecule has 0 aliphatic heterocycles. The minimum absolute atomic E-state index is 0.0172. The molecule has 0 bridgehead atoms. The number of carbonyl (C=O) groups excluding carboxylic acids is 1. The molecule has 1 atom stereocenters. The van der Waals surface area contributed by atoms with E-state index in [9.17, 15) is 19.5 Å². The minimum Gasteiger partial charge on any atom is -0.497 e. The van der Waals surface area contributed by atoms with Gasteiger partial charge in [0, 0.05) is 23.4 Å². The molecule has 0 radical (unpaired) electrons. The van der Waals surface area contributed by atoms with Crippen molar-refractivity contribution in [2.24, 2.45) is 0 Å². The van der Waals surface area contributed by atoms with Gasteiger partial charge in [0.2, 0.25) is 5.91 Å². The maximum Gasteiger partial charge on any atom is 0.339 e. The largest absolute Gasteiger partial charge is 0.497 e. The molecule has 9 heteroatoms. The van der Waals surface area contributed by atoms with E-state index in [2.05, 4.69) is 5.32 Å². The summed E-state index contributed by atoms with van der Waals surface area (Å²) in [5, 5.41) is 12.8. The average Bonchev–Trinajstić information content (AvgIpc) is 2.82. The van der Waals surface area contributed by atoms with Crippen molar-refractivity contribution in [3.05, 3.63) is 63.5 Å². The number of carbonyl (C=O) groups is 2. The lowest BCUT2D eigenvalue weighted by atomic mass is 10.0. The van der Waals surface area contributed by atoms with Gasteiger partial charge < -0.3 is 29.1 Å². The zero-order chi connectivity index (χ0) is 24.8. The molecule has 180 valence electrons. The molecule has 0 spiro atoms. The van der Waals surface area contributed by atoms with E-state index in [4.69, 9.17) is 18.6 Å². The number of carboxylic acids is 1. The lowest BCUT2D eigenvalue weighted by molar-refractivity contribution is -0.137. The summed E-state index contributed by atoms with van der Waals surface area (Å²) in [6.07, 6.45) is -0.190. The van der Waals surface area contributed by atoms with Crippen molar-refractivity contribution in [1.82, 2.24) is 5.32 Å². The van der Waals surface area contributed by atoms with Crippen molar-refractivity contribution in [3.63, 3.8) is 0 Å². The van der Waals surface area contributed by atoms with E-state index in [0.717, 1.165) is 10.9 Å². The number of ether oxygens (including phenoxy) is 3. The van der Waals surface area contributed by atoms with E-state index in [1.54, 1.807) is 43.3 Å². The zero-order valence-electron chi connectivity index (χ0n) is 19.5. The van der Waals surface area contributed by atoms with Gasteiger partial charge in [-0.25, -0.2) is 4.79 Å². The Labute approximate surface area is 196 Å². The molecule has 0 saturated heterocycles. The van der Waals surface area contributed by atoms with Gasteiger partial charge in [0.25, 0.3) is 0 Å². The number of methoxy groups -OCH3 is 3. The predicted octanol–water partition coefficient (Wildman–Crippen LogP) is 3.39. The highest BCUT2D eigenvalue weighted by atomic mass is 16.5. The molecule has 34 heavy (non-hydrogen) atoms. The Morgan fingerprint density at radius 2 is 1.76 bits per heavy atom. The third-order valence-electron chi connectivity index (χ3n) is 5.62. The van der Waals surface area contributed by atoms with Crippen molar-refractivity contribution in [1.29, 1.82) is 0 Å². The maximum atomic E-state index is 12.7. The molecule has 0 saturated carbocycles. The predicted molar refractivity (Wildman–Crippen MR) is 125 cm³/mol. The molecule has 1 amide bonds. The Balaban J connectivity index is 1.78. The summed E-state index contributed by atoms with van der Waals surface area (Å²) < 4.78 is 21.1. The third-order valence-corrected chi connectivity index (χ3v) is 5.62. The smallest absolute Gasteiger partial charge is 0.339 e. The zero-order valence-corrected chi connectivity index (χ0v) is 19.5. The fourth-order valence-electron chi connectivity index (χ4n) is 3.79. The lowest BCUT2D eigenvalue weighted by Crippen LogP contribution is -2.30. The molecular formula is C25H27NO8. The first kappa shape index (κ1) is 24.6. The van der Waals surface area contributed by atoms with Crippen molar-refractivity contribution in [3.8, 4) is 17.2 Å². The quantitative estimate of drug-likeness (QED) is 0.433. The van der Waals surface area contributed by atoms with Crippen LogP contribution in [0.1, 0.15) is 35.6 Å². The van der Waals surface area contributed by atoms with E-state index >= 15 is 0 Å². The highest BCUT2D eigenvalue weighted by Gasteiger charge is 2.21. The molecule has 0 aliphatic rings. The maximum absolute atomic E-state index is 12.7. The first-order valence-electron chi connectivity index (χ1n) is 10.6. The highest BCUT2D eigenvalue weighted by Crippen LogP contribution is 2.31. The van der Waals surface area contributed by atoms with E-state index in [-0.39, 0.29) is 19.3 Å². The summed E-state index contributed by atoms with van der Waals surface area (Å²) in [6.45, 7) is 1.80. The van der Waals surface area contributed by atoms with Crippen LogP contribution in [-0.4, -0.2) is 38.3 Å². The molecule has 9 nitrogen and oxygen atoms in total. The topological polar surface area (TPSA) is 124 Å². The number of rotatable bonds is 10. The third kappa shape index (κ3) is 5.48. The monoisotopic (exact) mass is 469 g/mol. The summed E-state index contributed by atoms with van der Waals surface area (Å²) in [4.78, 5) is 36.7. The Morgan fingerprint density at radius 3 is 2.41 bits per heavy atom. The standard InChI is InChI=1S/C25H27NO8/c1-14-17-7-6-16(31-2)12-21(17)34-25(30)18(14)8-10-23(27)26-19(13-24(28)29)15-5-9-20(32-3)22(11-15)33-4/h5-7,9,11-12,19H,8,10,13H2,1-4H3,(H,26,27)(H,28,29)/t19-/m1/s1. The van der Waals surface area contributed by atoms with Crippen LogP contribution in [-0.2, 0) is 16.0 Å². The van der Waals surface area contributed by atoms with E-state index in [1.165, 1.54) is 21.3 Å². The molecule has 2 aromatic carbocycles. The second-order valence-electron chi connectivity index (χ2n) is 7.69. The first-order chi connectivity index (χ1) is 16.3. The van der Waals surface area contributed by atoms with Crippen LogP contribution in [0.15, 0.2) is 45.6 Å². The van der Waals surface area contributed by atoms with Crippen LogP contribution < -0.4 is 25.2 Å². The van der Waals surface area contributed by atoms with Crippen molar-refractivity contribution < 1.29 is 33.3 Å². The summed E-state index contributed by atoms with van der Waals surface area (Å²) in [5.41, 5.74) is 1.57. The number of amides is 1. The average molecular weight is 469 g/mol. The highest BCUT2D eigenvalue weighted by molar-refractivity contribution is 5.83. The molecule has 0 fully saturated rings. The molecule has 0 unspecified atom stereocenters. The molecule has 2 N–H and O–H groups in total. The summed E-state index contributed by atoms with van der Waals surface area (Å²) in [6, 6.07) is 9.37. The van der Waals surface area contributed by atoms with Crippen molar-refractivity contribution in [2.45, 2.75) is 32.2 Å². The van der Waals surface area contributed by atoms with E-state index in [1.807, 2.05) is 0 Å². The van der Waals surface area contributed by atoms with Gasteiger partial charge in [-0.3, -0.25) is 9.59 Å². The number of nitrogens with one attached hydrogen (secondary N) is 1. The number of fused-ring (bicyclic) bond motifs is 1. The second-order valence-corrected chi connectivity index (χ2v) is 7.69. The molecule has 0 aliphatic carbocycles. The fourth-order valence-corrected chi connectivity index (χ4v) is 3.79. The number of aryl methyl sites for hydroxylation is 1. The van der Waals surface area contributed by atoms with Gasteiger partial charge in [-0.15, -0.1) is 0 Å². The van der Waals surface area contributed by atoms with Crippen molar-refractivity contribution >= 4 is 22.8 Å². The van der Waals surface area contributed by atoms with Crippen LogP contribution in [0.3, 0.4) is 0 Å². The summed E-state index contributed by atoms with van der Waals surface area (Å²) in [5.74, 6) is 0.0199. The normalized spacial score (nSPS) is 11.6. The van der Waals surface area contributed by atoms with E-state index < -0.39 is 23.5 Å². The van der Waals surface area contributed by atoms with Crippen LogP contribution in [0, 0.1) is 6.92 Å². The molecule has 1 aromatic heterocycles. The molecule has 3 rings (SSSR count). The number of aliphatic carboxylic acids is 1. The molecular weight excluding hydrogens is 442 g/mol. The Bertz CT molecular complexity index is 1260. The number of carboxylic acid groups (broad SMARTS) is 1. The van der Waals surface area contributed by atoms with Gasteiger partial charge in [0.15, 0.2) is 11.5 Å². The second kappa shape index (κ2) is 10.7. The van der Waals surface area contributed by atoms with Crippen LogP contribution in [0.25, 0.3) is 11.0 Å². The Hall–Kier alpha value is -4.01. The Kier molecular flexibility index (Phi) is 7.78. The minimum atomic E-state index is -1.07. The van der Waals surface area contributed by atoms with Crippen LogP contribution in [0.4, 0.5) is 0 Å². The van der Waals surface area contributed by atoms with Crippen molar-refractivity contribution in [2.75, 3.05) is 21.3 Å². The van der Waals surface area contributed by atoms with Crippen LogP contribution in [0.5, 0.6) is 17.2 Å². The first-order valence-corrected chi connectivity index (χ1v) is 10.6. The van der Waals surface area contributed by atoms with Crippen LogP contribution >= 0.6 is 0 Å². The molecule has 1 heterocycles. The Morgan fingerprint density at radius 1 is 1.03 bits per heavy atom. The van der Waals surface area contributed by atoms with Gasteiger partial charge in [-0.2, -0.15) is 0 Å². The number of hydrogen-bond donors (Lipinski definition) is 2. The fraction of sp³-hybridized carbons (Fsp3) is 0.320. The summed E-state index contributed by atoms with van der Waals surface area (Å²) in [7, 11) is 4.49. The van der Waals surface area contributed by atoms with Gasteiger partial charge >= 0.3 is 11.6 Å². The molecule has 3 aromatic rings. The van der Waals surface area contributed by atoms with E-state index in [0.29, 0.717) is 34.0 Å². The van der Waals surface area contributed by atoms with Gasteiger partial charge in [0.1, 0.15) is 11.3 Å². The van der Waals surface area contributed by atoms with Crippen LogP contribution in [0.2, 0.25) is 0 Å². The van der Waals surface area contributed by atoms with Gasteiger partial charge in [-0.1, -0.05) is 6.07 Å². The van der Waals surface area contributed by atoms with Gasteiger partial charge in [0.05, 0.1) is 33.8 Å². The summed E-state index contributed by atoms with van der Waals surface area (Å²) >= 11 is 0.